The lowest BCUT2D eigenvalue weighted by Crippen LogP contribution is -2.30. The number of carbonyl (C=O) groups excluding carboxylic acids is 1. The zero-order chi connectivity index (χ0) is 23.8. The van der Waals surface area contributed by atoms with E-state index in [2.05, 4.69) is 35.2 Å². The molecule has 1 aliphatic heterocycles. The van der Waals surface area contributed by atoms with Gasteiger partial charge >= 0.3 is 17.8 Å². The van der Waals surface area contributed by atoms with Crippen molar-refractivity contribution in [3.8, 4) is 0 Å². The summed E-state index contributed by atoms with van der Waals surface area (Å²) in [6.07, 6.45) is -1.92. The number of hydrogen-bond acceptors (Lipinski definition) is 9. The Morgan fingerprint density at radius 2 is 1.91 bits per heavy atom. The summed E-state index contributed by atoms with van der Waals surface area (Å²) < 4.78 is 44.3. The van der Waals surface area contributed by atoms with Gasteiger partial charge in [0.05, 0.1) is 23.8 Å². The smallest absolute Gasteiger partial charge is 0.442 e. The average molecular weight is 460 g/mol. The first kappa shape index (κ1) is 22.0. The highest BCUT2D eigenvalue weighted by Gasteiger charge is 2.65. The van der Waals surface area contributed by atoms with Gasteiger partial charge in [0.1, 0.15) is 6.61 Å². The van der Waals surface area contributed by atoms with Gasteiger partial charge in [0.25, 0.3) is 5.56 Å². The molecule has 2 aromatic heterocycles. The van der Waals surface area contributed by atoms with Gasteiger partial charge in [0, 0.05) is 19.7 Å². The lowest BCUT2D eigenvalue weighted by atomic mass is 10.0. The van der Waals surface area contributed by atoms with Crippen LogP contribution in [0, 0.1) is 0 Å². The molecular weight excluding hydrogens is 445 g/mol. The SMILES string of the molecule is CN(C)/C=N/c1nc2ncc(COC(=O)c3ccc(C4(C(F)(F)F)N=N4)cc3)nc2c(=O)[nH]1. The summed E-state index contributed by atoms with van der Waals surface area (Å²) in [6.45, 7) is -0.319. The van der Waals surface area contributed by atoms with E-state index in [4.69, 9.17) is 4.74 Å². The zero-order valence-corrected chi connectivity index (χ0v) is 17.2. The van der Waals surface area contributed by atoms with E-state index in [0.29, 0.717) is 0 Å². The van der Waals surface area contributed by atoms with Crippen LogP contribution >= 0.6 is 0 Å². The summed E-state index contributed by atoms with van der Waals surface area (Å²) in [4.78, 5) is 44.9. The summed E-state index contributed by atoms with van der Waals surface area (Å²) in [5, 5.41) is 6.21. The molecule has 1 N–H and O–H groups in total. The van der Waals surface area contributed by atoms with Crippen LogP contribution in [0.2, 0.25) is 0 Å². The van der Waals surface area contributed by atoms with Gasteiger partial charge in [-0.25, -0.2) is 19.8 Å². The largest absolute Gasteiger partial charge is 0.456 e. The molecular formula is C19H15F3N8O3. The van der Waals surface area contributed by atoms with Gasteiger partial charge in [-0.1, -0.05) is 12.1 Å². The number of rotatable bonds is 6. The van der Waals surface area contributed by atoms with E-state index >= 15 is 0 Å². The maximum atomic E-state index is 13.1. The van der Waals surface area contributed by atoms with Crippen molar-refractivity contribution in [3.63, 3.8) is 0 Å². The van der Waals surface area contributed by atoms with E-state index in [1.165, 1.54) is 24.7 Å². The van der Waals surface area contributed by atoms with E-state index < -0.39 is 23.4 Å². The van der Waals surface area contributed by atoms with Crippen molar-refractivity contribution in [1.82, 2.24) is 24.8 Å². The second-order valence-electron chi connectivity index (χ2n) is 7.15. The highest BCUT2D eigenvalue weighted by Crippen LogP contribution is 2.52. The van der Waals surface area contributed by atoms with E-state index in [0.717, 1.165) is 12.1 Å². The Bertz CT molecular complexity index is 1330. The highest BCUT2D eigenvalue weighted by atomic mass is 19.4. The van der Waals surface area contributed by atoms with Crippen molar-refractivity contribution in [2.75, 3.05) is 14.1 Å². The maximum absolute atomic E-state index is 13.1. The number of benzene rings is 1. The van der Waals surface area contributed by atoms with Crippen LogP contribution in [0.15, 0.2) is 50.5 Å². The summed E-state index contributed by atoms with van der Waals surface area (Å²) in [5.74, 6) is -0.744. The molecule has 4 rings (SSSR count). The van der Waals surface area contributed by atoms with Crippen molar-refractivity contribution >= 4 is 29.4 Å². The number of aliphatic imine (C=N–C) groups is 1. The van der Waals surface area contributed by atoms with Crippen LogP contribution in [-0.4, -0.2) is 57.4 Å². The molecule has 3 heterocycles. The number of alkyl halides is 3. The van der Waals surface area contributed by atoms with Crippen LogP contribution < -0.4 is 5.56 Å². The Hall–Kier alpha value is -4.23. The zero-order valence-electron chi connectivity index (χ0n) is 17.2. The second-order valence-corrected chi connectivity index (χ2v) is 7.15. The highest BCUT2D eigenvalue weighted by molar-refractivity contribution is 5.89. The Balaban J connectivity index is 1.45. The molecule has 0 saturated carbocycles. The van der Waals surface area contributed by atoms with Crippen molar-refractivity contribution < 1.29 is 22.7 Å². The molecule has 3 aromatic rings. The topological polar surface area (TPSA) is 138 Å². The number of nitrogens with zero attached hydrogens (tertiary/aromatic N) is 7. The summed E-state index contributed by atoms with van der Waals surface area (Å²) in [6, 6.07) is 4.60. The number of esters is 1. The van der Waals surface area contributed by atoms with E-state index in [1.54, 1.807) is 19.0 Å². The minimum atomic E-state index is -4.66. The summed E-state index contributed by atoms with van der Waals surface area (Å²) in [7, 11) is 3.50. The number of carbonyl (C=O) groups is 1. The molecule has 1 aromatic carbocycles. The Labute approximate surface area is 183 Å². The van der Waals surface area contributed by atoms with Gasteiger partial charge in [-0.05, 0) is 12.1 Å². The van der Waals surface area contributed by atoms with E-state index in [9.17, 15) is 22.8 Å². The van der Waals surface area contributed by atoms with Crippen LogP contribution in [0.1, 0.15) is 21.6 Å². The molecule has 0 amide bonds. The predicted octanol–water partition coefficient (Wildman–Crippen LogP) is 2.47. The third kappa shape index (κ3) is 4.40. The number of fused-ring (bicyclic) bond motifs is 1. The maximum Gasteiger partial charge on any atom is 0.442 e. The third-order valence-electron chi connectivity index (χ3n) is 4.44. The number of aromatic amines is 1. The Morgan fingerprint density at radius 3 is 2.52 bits per heavy atom. The van der Waals surface area contributed by atoms with Gasteiger partial charge in [-0.2, -0.15) is 18.2 Å². The lowest BCUT2D eigenvalue weighted by molar-refractivity contribution is -0.166. The van der Waals surface area contributed by atoms with Crippen molar-refractivity contribution in [3.05, 3.63) is 57.6 Å². The average Bonchev–Trinajstić information content (AvgIpc) is 3.59. The molecule has 0 unspecified atom stereocenters. The molecule has 0 aliphatic carbocycles. The predicted molar refractivity (Wildman–Crippen MR) is 108 cm³/mol. The summed E-state index contributed by atoms with van der Waals surface area (Å²) in [5.41, 5.74) is -3.14. The molecule has 0 radical (unpaired) electrons. The fraction of sp³-hybridized carbons (Fsp3) is 0.263. The number of ether oxygens (including phenoxy) is 1. The van der Waals surface area contributed by atoms with Gasteiger partial charge < -0.3 is 9.64 Å². The Kier molecular flexibility index (Phi) is 5.35. The first-order valence-electron chi connectivity index (χ1n) is 9.34. The van der Waals surface area contributed by atoms with Gasteiger partial charge in [0.15, 0.2) is 11.2 Å². The number of hydrogen-bond donors (Lipinski definition) is 1. The van der Waals surface area contributed by atoms with Gasteiger partial charge in [-0.15, -0.1) is 10.2 Å². The lowest BCUT2D eigenvalue weighted by Gasteiger charge is -2.14. The number of halogens is 3. The normalized spacial score (nSPS) is 14.6. The Morgan fingerprint density at radius 1 is 1.21 bits per heavy atom. The minimum Gasteiger partial charge on any atom is -0.456 e. The monoisotopic (exact) mass is 460 g/mol. The van der Waals surface area contributed by atoms with Crippen molar-refractivity contribution in [2.24, 2.45) is 15.2 Å². The van der Waals surface area contributed by atoms with Crippen LogP contribution in [0.5, 0.6) is 0 Å². The third-order valence-corrected chi connectivity index (χ3v) is 4.44. The molecule has 0 bridgehead atoms. The second kappa shape index (κ2) is 8.03. The molecule has 11 nitrogen and oxygen atoms in total. The number of H-pyrrole nitrogens is 1. The molecule has 14 heteroatoms. The number of nitrogens with one attached hydrogen (secondary N) is 1. The van der Waals surface area contributed by atoms with Gasteiger partial charge in [-0.3, -0.25) is 9.78 Å². The van der Waals surface area contributed by atoms with Crippen LogP contribution in [-0.2, 0) is 17.0 Å². The first-order chi connectivity index (χ1) is 15.6. The fourth-order valence-corrected chi connectivity index (χ4v) is 2.75. The molecule has 0 fully saturated rings. The minimum absolute atomic E-state index is 0.0217. The molecule has 0 saturated heterocycles. The fourth-order valence-electron chi connectivity index (χ4n) is 2.75. The van der Waals surface area contributed by atoms with Crippen LogP contribution in [0.25, 0.3) is 11.2 Å². The summed E-state index contributed by atoms with van der Waals surface area (Å²) >= 11 is 0. The molecule has 33 heavy (non-hydrogen) atoms. The van der Waals surface area contributed by atoms with Crippen molar-refractivity contribution in [2.45, 2.75) is 18.4 Å². The quantitative estimate of drug-likeness (QED) is 0.339. The van der Waals surface area contributed by atoms with Crippen LogP contribution in [0.4, 0.5) is 19.1 Å². The molecule has 0 atom stereocenters. The standard InChI is InChI=1S/C19H15F3N8O3/c1-30(2)9-24-17-26-14-13(15(31)27-17)25-12(7-23-14)8-33-16(32)10-3-5-11(6-4-10)18(28-29-18)19(20,21)22/h3-7,9H,8H2,1-2H3,(H,23,26,27,31)/b24-9+. The van der Waals surface area contributed by atoms with Crippen LogP contribution in [0.3, 0.4) is 0 Å². The van der Waals surface area contributed by atoms with E-state index in [1.807, 2.05) is 0 Å². The molecule has 170 valence electrons. The van der Waals surface area contributed by atoms with Gasteiger partial charge in [0.2, 0.25) is 5.95 Å². The molecule has 0 spiro atoms. The molecule has 1 aliphatic rings. The van der Waals surface area contributed by atoms with Crippen molar-refractivity contribution in [1.29, 1.82) is 0 Å². The first-order valence-corrected chi connectivity index (χ1v) is 9.34. The number of aromatic nitrogens is 4. The van der Waals surface area contributed by atoms with E-state index in [-0.39, 0.29) is 40.5 Å².